The van der Waals surface area contributed by atoms with Crippen molar-refractivity contribution in [2.24, 2.45) is 0 Å². The monoisotopic (exact) mass is 618 g/mol. The summed E-state index contributed by atoms with van der Waals surface area (Å²) in [6.45, 7) is 0. The Kier molecular flexibility index (Phi) is 7.96. The molecule has 7 nitrogen and oxygen atoms in total. The van der Waals surface area contributed by atoms with Gasteiger partial charge in [0.15, 0.2) is 0 Å². The summed E-state index contributed by atoms with van der Waals surface area (Å²) < 4.78 is 134. The molecule has 0 atom stereocenters. The predicted molar refractivity (Wildman–Crippen MR) is 135 cm³/mol. The van der Waals surface area contributed by atoms with Gasteiger partial charge in [0, 0.05) is 0 Å². The number of hydrogen-bond donors (Lipinski definition) is 0. The fourth-order valence-corrected chi connectivity index (χ4v) is 4.26. The molecule has 0 fully saturated rings. The molecule has 15 heteroatoms. The number of ether oxygens (including phenoxy) is 1. The van der Waals surface area contributed by atoms with Crippen molar-refractivity contribution in [1.82, 2.24) is 0 Å². The van der Waals surface area contributed by atoms with Gasteiger partial charge in [-0.15, -0.1) is 0 Å². The smallest absolute Gasteiger partial charge is 0.457 e. The van der Waals surface area contributed by atoms with Crippen molar-refractivity contribution in [3.05, 3.63) is 97.1 Å². The highest BCUT2D eigenvalue weighted by Crippen LogP contribution is 2.33. The second-order valence-corrected chi connectivity index (χ2v) is 11.2. The molecule has 0 heterocycles. The van der Waals surface area contributed by atoms with Crippen molar-refractivity contribution in [1.29, 1.82) is 0 Å². The molecule has 41 heavy (non-hydrogen) atoms. The Bertz CT molecular complexity index is 1730. The summed E-state index contributed by atoms with van der Waals surface area (Å²) in [5.41, 5.74) is -8.75. The minimum atomic E-state index is -5.79. The Morgan fingerprint density at radius 2 is 0.805 bits per heavy atom. The van der Waals surface area contributed by atoms with Crippen LogP contribution in [-0.2, 0) is 20.2 Å². The van der Waals surface area contributed by atoms with E-state index in [1.165, 1.54) is 24.3 Å². The maximum Gasteiger partial charge on any atom is 0.534 e. The number of rotatable bonds is 8. The third-order valence-electron chi connectivity index (χ3n) is 5.28. The van der Waals surface area contributed by atoms with Crippen LogP contribution in [0.25, 0.3) is 22.3 Å². The van der Waals surface area contributed by atoms with Gasteiger partial charge < -0.3 is 13.1 Å². The van der Waals surface area contributed by atoms with E-state index < -0.39 is 42.8 Å². The molecular formula is C26H16F6O7S2. The first-order valence-electron chi connectivity index (χ1n) is 11.1. The molecule has 0 amide bonds. The number of alkyl halides is 6. The molecule has 0 bridgehead atoms. The van der Waals surface area contributed by atoms with E-state index in [0.29, 0.717) is 33.8 Å². The normalized spacial score (nSPS) is 12.5. The van der Waals surface area contributed by atoms with Gasteiger partial charge in [-0.1, -0.05) is 48.5 Å². The highest BCUT2D eigenvalue weighted by Gasteiger charge is 2.49. The largest absolute Gasteiger partial charge is 0.534 e. The molecule has 0 unspecified atom stereocenters. The summed E-state index contributed by atoms with van der Waals surface area (Å²) >= 11 is 0. The lowest BCUT2D eigenvalue weighted by atomic mass is 10.1. The van der Waals surface area contributed by atoms with Crippen molar-refractivity contribution >= 4 is 20.2 Å². The Labute approximate surface area is 229 Å². The highest BCUT2D eigenvalue weighted by molar-refractivity contribution is 7.88. The SMILES string of the molecule is O=S(=O)(Oc1ccc(-c2ccc(Oc3cccc(-c4ccc(OS(=O)(=O)C(F)(F)F)cc4)c3)cc2)cc1)C(F)(F)F. The van der Waals surface area contributed by atoms with Crippen LogP contribution in [0.5, 0.6) is 23.0 Å². The average Bonchev–Trinajstić information content (AvgIpc) is 2.89. The molecule has 0 aliphatic carbocycles. The minimum Gasteiger partial charge on any atom is -0.457 e. The summed E-state index contributed by atoms with van der Waals surface area (Å²) in [5, 5.41) is 0. The van der Waals surface area contributed by atoms with E-state index >= 15 is 0 Å². The zero-order valence-electron chi connectivity index (χ0n) is 20.2. The predicted octanol–water partition coefficient (Wildman–Crippen LogP) is 7.27. The molecule has 0 spiro atoms. The van der Waals surface area contributed by atoms with Crippen LogP contribution in [0, 0.1) is 0 Å². The van der Waals surface area contributed by atoms with Gasteiger partial charge in [0.2, 0.25) is 0 Å². The fraction of sp³-hybridized carbons (Fsp3) is 0.0769. The third kappa shape index (κ3) is 7.10. The van der Waals surface area contributed by atoms with E-state index in [1.807, 2.05) is 0 Å². The van der Waals surface area contributed by atoms with Crippen molar-refractivity contribution < 1.29 is 56.3 Å². The average molecular weight is 619 g/mol. The second-order valence-electron chi connectivity index (χ2n) is 8.17. The van der Waals surface area contributed by atoms with E-state index in [9.17, 15) is 43.2 Å². The second kappa shape index (κ2) is 11.0. The van der Waals surface area contributed by atoms with E-state index in [0.717, 1.165) is 24.3 Å². The van der Waals surface area contributed by atoms with Crippen LogP contribution in [0.2, 0.25) is 0 Å². The van der Waals surface area contributed by atoms with Crippen LogP contribution < -0.4 is 13.1 Å². The maximum absolute atomic E-state index is 12.5. The Morgan fingerprint density at radius 3 is 1.20 bits per heavy atom. The van der Waals surface area contributed by atoms with Gasteiger partial charge in [0.25, 0.3) is 0 Å². The molecule has 0 aromatic heterocycles. The zero-order valence-corrected chi connectivity index (χ0v) is 21.8. The quantitative estimate of drug-likeness (QED) is 0.116. The first-order valence-corrected chi connectivity index (χ1v) is 14.0. The number of benzene rings is 4. The number of halogens is 6. The molecule has 0 aliphatic rings. The molecule has 4 aromatic rings. The summed E-state index contributed by atoms with van der Waals surface area (Å²) in [6.07, 6.45) is 0. The zero-order chi connectivity index (χ0) is 30.1. The minimum absolute atomic E-state index is 0.405. The Balaban J connectivity index is 1.43. The highest BCUT2D eigenvalue weighted by atomic mass is 32.2. The van der Waals surface area contributed by atoms with Gasteiger partial charge in [-0.3, -0.25) is 0 Å². The van der Waals surface area contributed by atoms with Crippen LogP contribution in [0.3, 0.4) is 0 Å². The molecule has 4 rings (SSSR count). The van der Waals surface area contributed by atoms with Crippen molar-refractivity contribution in [2.75, 3.05) is 0 Å². The molecule has 0 radical (unpaired) electrons. The lowest BCUT2D eigenvalue weighted by molar-refractivity contribution is -0.0504. The summed E-state index contributed by atoms with van der Waals surface area (Å²) in [5.74, 6) is -0.183. The Hall–Kier alpha value is -4.24. The van der Waals surface area contributed by atoms with E-state index in [1.54, 1.807) is 48.5 Å². The summed E-state index contributed by atoms with van der Waals surface area (Å²) in [7, 11) is -11.6. The standard InChI is InChI=1S/C26H16F6O7S2/c27-25(28,29)40(33,34)38-22-12-6-18(7-13-22)17-4-10-21(11-5-17)37-24-3-1-2-20(16-24)19-8-14-23(15-9-19)39-41(35,36)26(30,31)32/h1-16H. The van der Waals surface area contributed by atoms with Gasteiger partial charge in [0.05, 0.1) is 0 Å². The van der Waals surface area contributed by atoms with Crippen LogP contribution in [-0.4, -0.2) is 27.9 Å². The lowest BCUT2D eigenvalue weighted by Crippen LogP contribution is -2.28. The first kappa shape index (κ1) is 29.7. The van der Waals surface area contributed by atoms with Crippen molar-refractivity contribution in [2.45, 2.75) is 11.0 Å². The van der Waals surface area contributed by atoms with Crippen LogP contribution in [0.4, 0.5) is 26.3 Å². The maximum atomic E-state index is 12.5. The molecule has 0 saturated carbocycles. The van der Waals surface area contributed by atoms with Gasteiger partial charge in [-0.2, -0.15) is 43.2 Å². The van der Waals surface area contributed by atoms with E-state index in [2.05, 4.69) is 8.37 Å². The van der Waals surface area contributed by atoms with E-state index in [-0.39, 0.29) is 0 Å². The van der Waals surface area contributed by atoms with E-state index in [4.69, 9.17) is 4.74 Å². The summed E-state index contributed by atoms with van der Waals surface area (Å²) in [6, 6.07) is 23.1. The Morgan fingerprint density at radius 1 is 0.439 bits per heavy atom. The number of hydrogen-bond acceptors (Lipinski definition) is 7. The lowest BCUT2D eigenvalue weighted by Gasteiger charge is -2.11. The topological polar surface area (TPSA) is 96.0 Å². The summed E-state index contributed by atoms with van der Waals surface area (Å²) in [4.78, 5) is 0. The van der Waals surface area contributed by atoms with Crippen LogP contribution in [0.1, 0.15) is 0 Å². The fourth-order valence-electron chi connectivity index (χ4n) is 3.34. The molecule has 4 aromatic carbocycles. The van der Waals surface area contributed by atoms with Crippen LogP contribution >= 0.6 is 0 Å². The van der Waals surface area contributed by atoms with Crippen molar-refractivity contribution in [3.63, 3.8) is 0 Å². The van der Waals surface area contributed by atoms with Crippen molar-refractivity contribution in [3.8, 4) is 45.3 Å². The van der Waals surface area contributed by atoms with Crippen LogP contribution in [0.15, 0.2) is 97.1 Å². The van der Waals surface area contributed by atoms with Gasteiger partial charge in [-0.05, 0) is 70.8 Å². The first-order chi connectivity index (χ1) is 19.0. The molecule has 216 valence electrons. The van der Waals surface area contributed by atoms with Gasteiger partial charge >= 0.3 is 31.3 Å². The van der Waals surface area contributed by atoms with Gasteiger partial charge in [-0.25, -0.2) is 0 Å². The molecule has 0 N–H and O–H groups in total. The molecular weight excluding hydrogens is 602 g/mol. The third-order valence-corrected chi connectivity index (χ3v) is 7.24. The van der Waals surface area contributed by atoms with Gasteiger partial charge in [0.1, 0.15) is 23.0 Å². The molecule has 0 aliphatic heterocycles. The molecule has 0 saturated heterocycles.